The molecule has 0 aliphatic carbocycles. The molecule has 0 bridgehead atoms. The van der Waals surface area contributed by atoms with Crippen LogP contribution in [0, 0.1) is 5.92 Å². The predicted molar refractivity (Wildman–Crippen MR) is 111 cm³/mol. The standard InChI is InChI=1S/C20H25F3N4O2S/c21-20(22,23)16-5-1-2-6-17(16)24-12-14-7-9-27(10-8-14)19(29)26-18-25-15(13-30-18)4-3-11-28/h1-2,5-6,13-14,24,28H,3-4,7-12H2,(H,25,26,29). The maximum atomic E-state index is 13.1. The van der Waals surface area contributed by atoms with Crippen LogP contribution in [0.4, 0.5) is 28.8 Å². The highest BCUT2D eigenvalue weighted by atomic mass is 32.1. The number of urea groups is 1. The number of thiazole rings is 1. The third kappa shape index (κ3) is 6.09. The van der Waals surface area contributed by atoms with Gasteiger partial charge in [-0.15, -0.1) is 11.3 Å². The molecule has 2 aromatic rings. The van der Waals surface area contributed by atoms with E-state index < -0.39 is 11.7 Å². The van der Waals surface area contributed by atoms with Crippen molar-refractivity contribution in [1.82, 2.24) is 9.88 Å². The molecule has 2 heterocycles. The number of carbonyl (C=O) groups excluding carboxylic acids is 1. The molecule has 164 valence electrons. The monoisotopic (exact) mass is 442 g/mol. The molecule has 1 aromatic carbocycles. The van der Waals surface area contributed by atoms with E-state index in [1.807, 2.05) is 5.38 Å². The number of amides is 2. The number of carbonyl (C=O) groups is 1. The molecule has 30 heavy (non-hydrogen) atoms. The van der Waals surface area contributed by atoms with Gasteiger partial charge in [-0.05, 0) is 43.7 Å². The Bertz CT molecular complexity index is 835. The summed E-state index contributed by atoms with van der Waals surface area (Å²) in [5.41, 5.74) is 0.267. The fourth-order valence-electron chi connectivity index (χ4n) is 3.39. The van der Waals surface area contributed by atoms with Crippen LogP contribution in [0.3, 0.4) is 0 Å². The van der Waals surface area contributed by atoms with Crippen LogP contribution in [0.25, 0.3) is 0 Å². The number of aryl methyl sites for hydroxylation is 1. The van der Waals surface area contributed by atoms with Gasteiger partial charge in [0, 0.05) is 37.3 Å². The van der Waals surface area contributed by atoms with Crippen molar-refractivity contribution in [3.63, 3.8) is 0 Å². The highest BCUT2D eigenvalue weighted by Crippen LogP contribution is 2.34. The smallest absolute Gasteiger partial charge is 0.396 e. The third-order valence-corrected chi connectivity index (χ3v) is 5.88. The fraction of sp³-hybridized carbons (Fsp3) is 0.500. The van der Waals surface area contributed by atoms with Gasteiger partial charge >= 0.3 is 12.2 Å². The van der Waals surface area contributed by atoms with E-state index in [0.29, 0.717) is 50.4 Å². The van der Waals surface area contributed by atoms with Gasteiger partial charge in [-0.1, -0.05) is 12.1 Å². The molecule has 6 nitrogen and oxygen atoms in total. The minimum Gasteiger partial charge on any atom is -0.396 e. The van der Waals surface area contributed by atoms with E-state index in [9.17, 15) is 18.0 Å². The molecule has 3 N–H and O–H groups in total. The van der Waals surface area contributed by atoms with Gasteiger partial charge in [-0.2, -0.15) is 13.2 Å². The first kappa shape index (κ1) is 22.4. The van der Waals surface area contributed by atoms with Crippen molar-refractivity contribution in [3.8, 4) is 0 Å². The van der Waals surface area contributed by atoms with Gasteiger partial charge in [0.15, 0.2) is 5.13 Å². The largest absolute Gasteiger partial charge is 0.418 e. The molecule has 10 heteroatoms. The number of aliphatic hydroxyl groups is 1. The molecule has 0 saturated carbocycles. The summed E-state index contributed by atoms with van der Waals surface area (Å²) in [5.74, 6) is 0.195. The van der Waals surface area contributed by atoms with Gasteiger partial charge in [-0.3, -0.25) is 5.32 Å². The second kappa shape index (κ2) is 10.1. The number of alkyl halides is 3. The molecule has 1 aromatic heterocycles. The lowest BCUT2D eigenvalue weighted by atomic mass is 9.96. The topological polar surface area (TPSA) is 77.5 Å². The Morgan fingerprint density at radius 1 is 1.27 bits per heavy atom. The Balaban J connectivity index is 1.45. The first-order chi connectivity index (χ1) is 14.4. The minimum atomic E-state index is -4.39. The summed E-state index contributed by atoms with van der Waals surface area (Å²) in [6.07, 6.45) is -1.66. The number of anilines is 2. The average Bonchev–Trinajstić information content (AvgIpc) is 3.17. The van der Waals surface area contributed by atoms with Crippen molar-refractivity contribution in [2.24, 2.45) is 5.92 Å². The second-order valence-electron chi connectivity index (χ2n) is 7.26. The van der Waals surface area contributed by atoms with E-state index in [1.54, 1.807) is 11.0 Å². The summed E-state index contributed by atoms with van der Waals surface area (Å²) < 4.78 is 39.3. The van der Waals surface area contributed by atoms with Crippen molar-refractivity contribution in [1.29, 1.82) is 0 Å². The highest BCUT2D eigenvalue weighted by Gasteiger charge is 2.33. The van der Waals surface area contributed by atoms with E-state index >= 15 is 0 Å². The maximum absolute atomic E-state index is 13.1. The number of rotatable bonds is 7. The molecule has 0 unspecified atom stereocenters. The number of piperidine rings is 1. The first-order valence-electron chi connectivity index (χ1n) is 9.88. The number of aromatic nitrogens is 1. The zero-order valence-electron chi connectivity index (χ0n) is 16.4. The Morgan fingerprint density at radius 3 is 2.70 bits per heavy atom. The van der Waals surface area contributed by atoms with E-state index in [2.05, 4.69) is 15.6 Å². The first-order valence-corrected chi connectivity index (χ1v) is 10.8. The van der Waals surface area contributed by atoms with Crippen LogP contribution in [-0.2, 0) is 12.6 Å². The van der Waals surface area contributed by atoms with Crippen LogP contribution < -0.4 is 10.6 Å². The van der Waals surface area contributed by atoms with Crippen molar-refractivity contribution < 1.29 is 23.1 Å². The Morgan fingerprint density at radius 2 is 2.00 bits per heavy atom. The van der Waals surface area contributed by atoms with Crippen LogP contribution >= 0.6 is 11.3 Å². The van der Waals surface area contributed by atoms with E-state index in [0.717, 1.165) is 11.8 Å². The maximum Gasteiger partial charge on any atom is 0.418 e. The van der Waals surface area contributed by atoms with Crippen LogP contribution in [0.15, 0.2) is 29.6 Å². The number of nitrogens with zero attached hydrogens (tertiary/aromatic N) is 2. The Kier molecular flexibility index (Phi) is 7.54. The lowest BCUT2D eigenvalue weighted by molar-refractivity contribution is -0.137. The zero-order chi connectivity index (χ0) is 21.6. The number of hydrogen-bond donors (Lipinski definition) is 3. The lowest BCUT2D eigenvalue weighted by Gasteiger charge is -2.32. The molecule has 1 aliphatic heterocycles. The molecule has 1 aliphatic rings. The normalized spacial score (nSPS) is 15.3. The van der Waals surface area contributed by atoms with Crippen LogP contribution in [0.2, 0.25) is 0 Å². The molecule has 1 fully saturated rings. The van der Waals surface area contributed by atoms with E-state index in [4.69, 9.17) is 5.11 Å². The number of benzene rings is 1. The molecule has 1 saturated heterocycles. The zero-order valence-corrected chi connectivity index (χ0v) is 17.2. The van der Waals surface area contributed by atoms with Crippen molar-refractivity contribution >= 4 is 28.2 Å². The lowest BCUT2D eigenvalue weighted by Crippen LogP contribution is -2.42. The van der Waals surface area contributed by atoms with Gasteiger partial charge in [0.05, 0.1) is 11.3 Å². The molecule has 2 amide bonds. The molecular formula is C20H25F3N4O2S. The van der Waals surface area contributed by atoms with Gasteiger partial charge in [-0.25, -0.2) is 9.78 Å². The molecule has 3 rings (SSSR count). The highest BCUT2D eigenvalue weighted by molar-refractivity contribution is 7.13. The van der Waals surface area contributed by atoms with Crippen molar-refractivity contribution in [2.45, 2.75) is 31.9 Å². The summed E-state index contributed by atoms with van der Waals surface area (Å²) in [6.45, 7) is 1.62. The third-order valence-electron chi connectivity index (χ3n) is 5.07. The number of para-hydroxylation sites is 1. The van der Waals surface area contributed by atoms with Crippen LogP contribution in [-0.4, -0.2) is 47.3 Å². The molecule has 0 atom stereocenters. The SMILES string of the molecule is O=C(Nc1nc(CCCO)cs1)N1CCC(CNc2ccccc2C(F)(F)F)CC1. The van der Waals surface area contributed by atoms with E-state index in [-0.39, 0.29) is 24.2 Å². The summed E-state index contributed by atoms with van der Waals surface area (Å²) in [4.78, 5) is 18.5. The summed E-state index contributed by atoms with van der Waals surface area (Å²) in [7, 11) is 0. The van der Waals surface area contributed by atoms with Gasteiger partial charge < -0.3 is 15.3 Å². The number of halogens is 3. The summed E-state index contributed by atoms with van der Waals surface area (Å²) >= 11 is 1.35. The number of likely N-dealkylation sites (tertiary alicyclic amines) is 1. The summed E-state index contributed by atoms with van der Waals surface area (Å²) in [5, 5.41) is 17.0. The summed E-state index contributed by atoms with van der Waals surface area (Å²) in [6, 6.07) is 5.26. The second-order valence-corrected chi connectivity index (χ2v) is 8.11. The Labute approximate surface area is 177 Å². The van der Waals surface area contributed by atoms with Crippen LogP contribution in [0.1, 0.15) is 30.5 Å². The minimum absolute atomic E-state index is 0.0888. The quantitative estimate of drug-likeness (QED) is 0.592. The van der Waals surface area contributed by atoms with Crippen LogP contribution in [0.5, 0.6) is 0 Å². The molecule has 0 spiro atoms. The van der Waals surface area contributed by atoms with Crippen molar-refractivity contribution in [2.75, 3.05) is 36.9 Å². The average molecular weight is 443 g/mol. The molecular weight excluding hydrogens is 417 g/mol. The van der Waals surface area contributed by atoms with Gasteiger partial charge in [0.2, 0.25) is 0 Å². The fourth-order valence-corrected chi connectivity index (χ4v) is 4.12. The molecule has 0 radical (unpaired) electrons. The number of hydrogen-bond acceptors (Lipinski definition) is 5. The Hall–Kier alpha value is -2.33. The van der Waals surface area contributed by atoms with Gasteiger partial charge in [0.25, 0.3) is 0 Å². The number of aliphatic hydroxyl groups excluding tert-OH is 1. The van der Waals surface area contributed by atoms with E-state index in [1.165, 1.54) is 23.5 Å². The predicted octanol–water partition coefficient (Wildman–Crippen LogP) is 4.44. The van der Waals surface area contributed by atoms with Gasteiger partial charge in [0.1, 0.15) is 0 Å². The van der Waals surface area contributed by atoms with Crippen molar-refractivity contribution in [3.05, 3.63) is 40.9 Å². The number of nitrogens with one attached hydrogen (secondary N) is 2.